The van der Waals surface area contributed by atoms with Gasteiger partial charge in [-0.1, -0.05) is 0 Å². The highest BCUT2D eigenvalue weighted by molar-refractivity contribution is 5.91. The molecule has 1 saturated heterocycles. The Morgan fingerprint density at radius 3 is 2.64 bits per heavy atom. The number of rotatable bonds is 7. The van der Waals surface area contributed by atoms with E-state index < -0.39 is 11.9 Å². The maximum absolute atomic E-state index is 11.3. The van der Waals surface area contributed by atoms with E-state index in [1.54, 1.807) is 0 Å². The van der Waals surface area contributed by atoms with E-state index in [-0.39, 0.29) is 18.5 Å². The van der Waals surface area contributed by atoms with Crippen molar-refractivity contribution >= 4 is 24.3 Å². The second-order valence-electron chi connectivity index (χ2n) is 5.08. The van der Waals surface area contributed by atoms with Gasteiger partial charge in [0.05, 0.1) is 19.8 Å². The number of nitrogens with zero attached hydrogens (tertiary/aromatic N) is 2. The summed E-state index contributed by atoms with van der Waals surface area (Å²) in [4.78, 5) is 26.5. The number of hydrogen-bond donors (Lipinski definition) is 0. The minimum atomic E-state index is -0.577. The highest BCUT2D eigenvalue weighted by Crippen LogP contribution is 2.05. The number of carbonyl (C=O) groups is 2. The molecule has 0 N–H and O–H groups in total. The third-order valence-electron chi connectivity index (χ3n) is 3.00. The number of ether oxygens (including phenoxy) is 3. The van der Waals surface area contributed by atoms with Crippen LogP contribution in [0.15, 0.2) is 12.2 Å². The fourth-order valence-electron chi connectivity index (χ4n) is 2.03. The van der Waals surface area contributed by atoms with E-state index in [0.29, 0.717) is 19.8 Å². The van der Waals surface area contributed by atoms with Crippen molar-refractivity contribution in [3.8, 4) is 0 Å². The molecule has 0 aromatic heterocycles. The van der Waals surface area contributed by atoms with E-state index in [2.05, 4.69) is 14.5 Å². The third-order valence-corrected chi connectivity index (χ3v) is 3.00. The molecule has 0 aromatic carbocycles. The van der Waals surface area contributed by atoms with Gasteiger partial charge in [0.25, 0.3) is 0 Å². The molecule has 8 heteroatoms. The lowest BCUT2D eigenvalue weighted by atomic mass is 10.2. The monoisotopic (exact) mass is 336 g/mol. The highest BCUT2D eigenvalue weighted by atomic mass is 35.5. The minimum Gasteiger partial charge on any atom is -0.466 e. The fraction of sp³-hybridized carbons (Fsp3) is 0.714. The van der Waals surface area contributed by atoms with Crippen LogP contribution in [0.25, 0.3) is 0 Å². The molecule has 7 nitrogen and oxygen atoms in total. The number of halogens is 1. The Kier molecular flexibility index (Phi) is 10.8. The molecule has 1 aliphatic rings. The van der Waals surface area contributed by atoms with Gasteiger partial charge in [0.15, 0.2) is 0 Å². The summed E-state index contributed by atoms with van der Waals surface area (Å²) in [5, 5.41) is 0. The first-order chi connectivity index (χ1) is 10.0. The molecule has 0 amide bonds. The first-order valence-electron chi connectivity index (χ1n) is 6.92. The molecular weight excluding hydrogens is 312 g/mol. The summed E-state index contributed by atoms with van der Waals surface area (Å²) in [5.74, 6) is -1.12. The van der Waals surface area contributed by atoms with Gasteiger partial charge < -0.3 is 19.1 Å². The summed E-state index contributed by atoms with van der Waals surface area (Å²) in [6.45, 7) is 4.17. The van der Waals surface area contributed by atoms with Gasteiger partial charge in [-0.05, 0) is 14.1 Å². The Labute approximate surface area is 137 Å². The Morgan fingerprint density at radius 2 is 2.00 bits per heavy atom. The van der Waals surface area contributed by atoms with Crippen molar-refractivity contribution in [1.29, 1.82) is 0 Å². The number of methoxy groups -OCH3 is 1. The van der Waals surface area contributed by atoms with Crippen LogP contribution in [0.3, 0.4) is 0 Å². The van der Waals surface area contributed by atoms with Gasteiger partial charge in [-0.2, -0.15) is 0 Å². The number of likely N-dealkylation sites (N-methyl/N-ethyl adjacent to an activating group) is 1. The van der Waals surface area contributed by atoms with Crippen LogP contribution in [0.4, 0.5) is 0 Å². The fourth-order valence-corrected chi connectivity index (χ4v) is 2.03. The molecule has 0 aliphatic carbocycles. The van der Waals surface area contributed by atoms with Crippen LogP contribution in [0.1, 0.15) is 0 Å². The molecule has 1 heterocycles. The van der Waals surface area contributed by atoms with Crippen LogP contribution in [-0.2, 0) is 23.8 Å². The van der Waals surface area contributed by atoms with Crippen molar-refractivity contribution in [3.63, 3.8) is 0 Å². The topological polar surface area (TPSA) is 68.3 Å². The molecule has 1 unspecified atom stereocenters. The normalized spacial score (nSPS) is 19.0. The second kappa shape index (κ2) is 11.4. The van der Waals surface area contributed by atoms with Crippen molar-refractivity contribution in [2.45, 2.75) is 6.10 Å². The van der Waals surface area contributed by atoms with Crippen molar-refractivity contribution in [3.05, 3.63) is 12.2 Å². The van der Waals surface area contributed by atoms with E-state index in [9.17, 15) is 9.59 Å². The minimum absolute atomic E-state index is 0. The largest absolute Gasteiger partial charge is 0.466 e. The van der Waals surface area contributed by atoms with Gasteiger partial charge in [0, 0.05) is 38.3 Å². The lowest BCUT2D eigenvalue weighted by Crippen LogP contribution is -2.47. The summed E-state index contributed by atoms with van der Waals surface area (Å²) < 4.78 is 15.1. The molecule has 0 saturated carbocycles. The van der Waals surface area contributed by atoms with Crippen LogP contribution >= 0.6 is 12.4 Å². The molecule has 0 radical (unpaired) electrons. The average molecular weight is 337 g/mol. The number of hydrogen-bond acceptors (Lipinski definition) is 7. The molecule has 22 heavy (non-hydrogen) atoms. The smallest absolute Gasteiger partial charge is 0.331 e. The first-order valence-corrected chi connectivity index (χ1v) is 6.92. The Morgan fingerprint density at radius 1 is 1.32 bits per heavy atom. The Bertz CT molecular complexity index is 376. The van der Waals surface area contributed by atoms with Crippen LogP contribution in [0.5, 0.6) is 0 Å². The maximum Gasteiger partial charge on any atom is 0.331 e. The molecule has 0 bridgehead atoms. The predicted molar refractivity (Wildman–Crippen MR) is 84.1 cm³/mol. The first kappa shape index (κ1) is 20.9. The number of esters is 2. The van der Waals surface area contributed by atoms with Crippen molar-refractivity contribution in [2.24, 2.45) is 0 Å². The van der Waals surface area contributed by atoms with Crippen molar-refractivity contribution < 1.29 is 23.8 Å². The van der Waals surface area contributed by atoms with E-state index in [0.717, 1.165) is 31.8 Å². The van der Waals surface area contributed by atoms with Crippen molar-refractivity contribution in [2.75, 3.05) is 60.6 Å². The molecule has 1 rings (SSSR count). The van der Waals surface area contributed by atoms with Crippen LogP contribution in [0.2, 0.25) is 0 Å². The van der Waals surface area contributed by atoms with E-state index in [1.807, 2.05) is 14.1 Å². The molecular formula is C14H25ClN2O5. The van der Waals surface area contributed by atoms with Crippen LogP contribution in [-0.4, -0.2) is 88.4 Å². The summed E-state index contributed by atoms with van der Waals surface area (Å²) in [7, 11) is 5.27. The van der Waals surface area contributed by atoms with Gasteiger partial charge in [0.2, 0.25) is 0 Å². The zero-order chi connectivity index (χ0) is 15.7. The zero-order valence-corrected chi connectivity index (χ0v) is 14.1. The lowest BCUT2D eigenvalue weighted by molar-refractivity contribution is -0.140. The van der Waals surface area contributed by atoms with Gasteiger partial charge in [-0.3, -0.25) is 4.90 Å². The molecule has 0 aromatic rings. The Balaban J connectivity index is 0.00000441. The Hall–Kier alpha value is -1.15. The molecule has 0 spiro atoms. The molecule has 1 aliphatic heterocycles. The quantitative estimate of drug-likeness (QED) is 0.476. The maximum atomic E-state index is 11.3. The molecule has 1 fully saturated rings. The van der Waals surface area contributed by atoms with E-state index >= 15 is 0 Å². The highest BCUT2D eigenvalue weighted by Gasteiger charge is 2.20. The summed E-state index contributed by atoms with van der Waals surface area (Å²) in [6, 6.07) is 0. The van der Waals surface area contributed by atoms with Gasteiger partial charge >= 0.3 is 11.9 Å². The summed E-state index contributed by atoms with van der Waals surface area (Å²) in [5.41, 5.74) is 0. The SMILES string of the molecule is COC(=O)C=CC(=O)OCCN1CCOC(CN(C)C)C1.Cl. The molecule has 1 atom stereocenters. The third kappa shape index (κ3) is 8.99. The van der Waals surface area contributed by atoms with Crippen molar-refractivity contribution in [1.82, 2.24) is 9.80 Å². The number of morpholine rings is 1. The van der Waals surface area contributed by atoms with Gasteiger partial charge in [0.1, 0.15) is 6.61 Å². The second-order valence-corrected chi connectivity index (χ2v) is 5.08. The summed E-state index contributed by atoms with van der Waals surface area (Å²) in [6.07, 6.45) is 2.30. The standard InChI is InChI=1S/C14H24N2O5.ClH/c1-15(2)10-12-11-16(6-8-20-12)7-9-21-14(18)5-4-13(17)19-3;/h4-5,12H,6-11H2,1-3H3;1H. The summed E-state index contributed by atoms with van der Waals surface area (Å²) >= 11 is 0. The van der Waals surface area contributed by atoms with Crippen LogP contribution in [0, 0.1) is 0 Å². The van der Waals surface area contributed by atoms with Gasteiger partial charge in [-0.25, -0.2) is 9.59 Å². The molecule has 128 valence electrons. The predicted octanol–water partition coefficient (Wildman–Crippen LogP) is -0.0570. The van der Waals surface area contributed by atoms with Gasteiger partial charge in [-0.15, -0.1) is 12.4 Å². The van der Waals surface area contributed by atoms with Crippen LogP contribution < -0.4 is 0 Å². The average Bonchev–Trinajstić information content (AvgIpc) is 2.44. The van der Waals surface area contributed by atoms with E-state index in [4.69, 9.17) is 9.47 Å². The number of carbonyl (C=O) groups excluding carboxylic acids is 2. The lowest BCUT2D eigenvalue weighted by Gasteiger charge is -2.33. The zero-order valence-electron chi connectivity index (χ0n) is 13.3. The van der Waals surface area contributed by atoms with E-state index in [1.165, 1.54) is 7.11 Å².